The quantitative estimate of drug-likeness (QED) is 0.0312. The second-order valence-electron chi connectivity index (χ2n) is 26.0. The van der Waals surface area contributed by atoms with Crippen molar-refractivity contribution in [3.05, 3.63) is 65.7 Å². The van der Waals surface area contributed by atoms with Gasteiger partial charge in [0.15, 0.2) is 0 Å². The van der Waals surface area contributed by atoms with Crippen LogP contribution in [0.5, 0.6) is 0 Å². The molecule has 2 aromatic carbocycles. The van der Waals surface area contributed by atoms with Crippen molar-refractivity contribution in [1.29, 1.82) is 0 Å². The Kier molecular flexibility index (Phi) is 32.3. The lowest BCUT2D eigenvalue weighted by Gasteiger charge is -2.41. The Balaban J connectivity index is 1.37. The summed E-state index contributed by atoms with van der Waals surface area (Å²) in [4.78, 5) is 153. The lowest BCUT2D eigenvalue weighted by Crippen LogP contribution is -2.60. The summed E-state index contributed by atoms with van der Waals surface area (Å²) in [5, 5.41) is 27.6. The van der Waals surface area contributed by atoms with E-state index >= 15 is 0 Å². The molecule has 94 heavy (non-hydrogen) atoms. The molecule has 9 N–H and O–H groups in total. The molecule has 2 heterocycles. The number of primary amides is 1. The van der Waals surface area contributed by atoms with Gasteiger partial charge in [-0.25, -0.2) is 9.59 Å². The van der Waals surface area contributed by atoms with Crippen LogP contribution in [0.3, 0.4) is 0 Å². The fraction of sp³-hybridized carbons (Fsp3) is 0.662. The van der Waals surface area contributed by atoms with Gasteiger partial charge in [0.05, 0.1) is 48.8 Å². The van der Waals surface area contributed by atoms with Crippen LogP contribution in [0, 0.1) is 29.6 Å². The number of nitrogens with two attached hydrogens (primary N) is 1. The highest BCUT2D eigenvalue weighted by molar-refractivity contribution is 6.02. The maximum absolute atomic E-state index is 14.8. The number of likely N-dealkylation sites (N-methyl/N-ethyl adjacent to an activating group) is 2. The van der Waals surface area contributed by atoms with E-state index in [0.29, 0.717) is 68.4 Å². The van der Waals surface area contributed by atoms with E-state index in [2.05, 4.69) is 31.9 Å². The number of methoxy groups -OCH3 is 2. The van der Waals surface area contributed by atoms with E-state index in [1.807, 2.05) is 32.0 Å². The zero-order chi connectivity index (χ0) is 70.1. The number of likely N-dealkylation sites (tertiary alicyclic amines) is 2. The minimum Gasteiger partial charge on any atom is -0.445 e. The van der Waals surface area contributed by atoms with E-state index in [0.717, 1.165) is 0 Å². The average Bonchev–Trinajstić information content (AvgIpc) is 1.33. The normalized spacial score (nSPS) is 17.6. The number of rotatable bonds is 38. The van der Waals surface area contributed by atoms with Gasteiger partial charge in [-0.05, 0) is 92.4 Å². The number of carbonyl (C=O) groups excluding carboxylic acids is 11. The molecule has 12 unspecified atom stereocenters. The number of ether oxygens (including phenoxy) is 3. The Morgan fingerprint density at radius 1 is 0.713 bits per heavy atom. The van der Waals surface area contributed by atoms with Crippen LogP contribution in [0.25, 0.3) is 0 Å². The van der Waals surface area contributed by atoms with E-state index in [4.69, 9.17) is 19.9 Å². The molecule has 0 bridgehead atoms. The highest BCUT2D eigenvalue weighted by Crippen LogP contribution is 2.31. The molecule has 524 valence electrons. The number of carbonyl (C=O) groups is 11. The van der Waals surface area contributed by atoms with E-state index < -0.39 is 114 Å². The summed E-state index contributed by atoms with van der Waals surface area (Å²) in [5.41, 5.74) is 6.78. The maximum atomic E-state index is 14.8. The third kappa shape index (κ3) is 23.0. The first-order valence-corrected chi connectivity index (χ1v) is 33.2. The first-order chi connectivity index (χ1) is 44.5. The first-order valence-electron chi connectivity index (χ1n) is 33.2. The number of nitrogens with zero attached hydrogens (tertiary/aromatic N) is 4. The second kappa shape index (κ2) is 38.6. The summed E-state index contributed by atoms with van der Waals surface area (Å²) in [6, 6.07) is 8.77. The van der Waals surface area contributed by atoms with Crippen LogP contribution < -0.4 is 37.6 Å². The smallest absolute Gasteiger partial charge is 0.410 e. The summed E-state index contributed by atoms with van der Waals surface area (Å²) in [6.45, 7) is 18.7. The van der Waals surface area contributed by atoms with Gasteiger partial charge < -0.3 is 66.8 Å². The number of imide groups is 1. The first kappa shape index (κ1) is 78.7. The molecule has 0 saturated carbocycles. The monoisotopic (exact) mass is 1320 g/mol. The summed E-state index contributed by atoms with van der Waals surface area (Å²) in [6.07, 6.45) is 1.06. The van der Waals surface area contributed by atoms with Gasteiger partial charge in [-0.2, -0.15) is 0 Å². The summed E-state index contributed by atoms with van der Waals surface area (Å²) in [5.74, 6) is -5.62. The number of urea groups is 1. The molecule has 0 radical (unpaired) electrons. The lowest BCUT2D eigenvalue weighted by molar-refractivity contribution is -0.148. The number of aliphatic hydroxyl groups is 1. The standard InChI is InChI=1S/C68H107N11O15/c1-15-43(8)59(51(92-13)38-55(83)78-37-23-27-50(78)61(93-14)44(9)62(85)71-45(10)60(84)47-24-18-16-19-25-47)76(11)66(89)57(41(4)5)75-65(88)58(42(6)7)77(12)68(91)94-39-46-29-31-48(32-30-46)72-63(86)49(26-22-35-70-67(69)90)73-64(87)56(40(2)3)74-52(80)28-20-17-21-36-79-53(81)33-34-54(79)82/h16,18-19,24-25,29-32,40-45,49-51,56-61,84H,15,17,20-23,26-28,33-39H2,1-14H3,(H,71,85)(H,72,86)(H,73,87)(H,74,80)(H,75,88)(H3,69,70,90). The fourth-order valence-electron chi connectivity index (χ4n) is 12.3. The number of nitrogens with one attached hydrogen (secondary N) is 6. The predicted molar refractivity (Wildman–Crippen MR) is 353 cm³/mol. The van der Waals surface area contributed by atoms with Crippen molar-refractivity contribution in [2.75, 3.05) is 53.3 Å². The molecular formula is C68H107N11O15. The zero-order valence-corrected chi connectivity index (χ0v) is 57.7. The van der Waals surface area contributed by atoms with E-state index in [1.54, 1.807) is 109 Å². The van der Waals surface area contributed by atoms with Crippen molar-refractivity contribution >= 4 is 71.0 Å². The van der Waals surface area contributed by atoms with Gasteiger partial charge in [-0.3, -0.25) is 53.0 Å². The van der Waals surface area contributed by atoms with Gasteiger partial charge in [-0.1, -0.05) is 118 Å². The maximum Gasteiger partial charge on any atom is 0.410 e. The van der Waals surface area contributed by atoms with Gasteiger partial charge >= 0.3 is 12.1 Å². The SMILES string of the molecule is CCC(C)C(C(CC(=O)N1CCCC1C(OC)C(C)C(=O)NC(C)C(O)c1ccccc1)OC)N(C)C(=O)C(NC(=O)C(C(C)C)N(C)C(=O)OCc1ccc(NC(=O)C(CCCNC(N)=O)NC(=O)C(NC(=O)CCCCCN2C(=O)CCC2=O)C(C)C)cc1)C(C)C. The number of unbranched alkanes of at least 4 members (excludes halogenated alkanes) is 2. The molecular weight excluding hydrogens is 1210 g/mol. The van der Waals surface area contributed by atoms with E-state index in [-0.39, 0.29) is 93.0 Å². The van der Waals surface area contributed by atoms with Crippen LogP contribution in [0.15, 0.2) is 54.6 Å². The molecule has 2 fully saturated rings. The minimum atomic E-state index is -1.11. The molecule has 2 aliphatic heterocycles. The second-order valence-corrected chi connectivity index (χ2v) is 26.0. The van der Waals surface area contributed by atoms with Crippen LogP contribution in [0.1, 0.15) is 164 Å². The van der Waals surface area contributed by atoms with Gasteiger partial charge in [0.2, 0.25) is 53.2 Å². The summed E-state index contributed by atoms with van der Waals surface area (Å²) >= 11 is 0. The number of anilines is 1. The molecule has 26 nitrogen and oxygen atoms in total. The fourth-order valence-corrected chi connectivity index (χ4v) is 12.3. The minimum absolute atomic E-state index is 0.0885. The van der Waals surface area contributed by atoms with Gasteiger partial charge in [0.1, 0.15) is 30.8 Å². The summed E-state index contributed by atoms with van der Waals surface area (Å²) in [7, 11) is 6.08. The Labute approximate surface area is 555 Å². The van der Waals surface area contributed by atoms with Crippen LogP contribution in [0.2, 0.25) is 0 Å². The average molecular weight is 1320 g/mol. The predicted octanol–water partition coefficient (Wildman–Crippen LogP) is 5.30. The lowest BCUT2D eigenvalue weighted by atomic mass is 9.89. The Bertz CT molecular complexity index is 2830. The molecule has 12 amide bonds. The molecule has 2 aromatic rings. The van der Waals surface area contributed by atoms with Crippen LogP contribution in [-0.2, 0) is 64.0 Å². The molecule has 0 spiro atoms. The van der Waals surface area contributed by atoms with Crippen LogP contribution >= 0.6 is 0 Å². The number of hydrogen-bond donors (Lipinski definition) is 8. The van der Waals surface area contributed by atoms with Gasteiger partial charge in [0, 0.05) is 72.9 Å². The molecule has 4 rings (SSSR count). The molecule has 0 aliphatic carbocycles. The van der Waals surface area contributed by atoms with Crippen LogP contribution in [0.4, 0.5) is 15.3 Å². The van der Waals surface area contributed by atoms with Crippen LogP contribution in [-0.4, -0.2) is 192 Å². The highest BCUT2D eigenvalue weighted by Gasteiger charge is 2.44. The van der Waals surface area contributed by atoms with Crippen molar-refractivity contribution in [2.45, 2.75) is 213 Å². The van der Waals surface area contributed by atoms with Crippen molar-refractivity contribution < 1.29 is 72.1 Å². The van der Waals surface area contributed by atoms with Gasteiger partial charge in [0.25, 0.3) is 0 Å². The van der Waals surface area contributed by atoms with Gasteiger partial charge in [-0.15, -0.1) is 0 Å². The van der Waals surface area contributed by atoms with Crippen molar-refractivity contribution in [2.24, 2.45) is 35.3 Å². The van der Waals surface area contributed by atoms with Crippen molar-refractivity contribution in [3.63, 3.8) is 0 Å². The Morgan fingerprint density at radius 3 is 1.93 bits per heavy atom. The topological polar surface area (TPSA) is 347 Å². The third-order valence-corrected chi connectivity index (χ3v) is 18.0. The highest BCUT2D eigenvalue weighted by atomic mass is 16.6. The Morgan fingerprint density at radius 2 is 1.35 bits per heavy atom. The van der Waals surface area contributed by atoms with Crippen molar-refractivity contribution in [1.82, 2.24) is 46.2 Å². The molecule has 2 aliphatic rings. The third-order valence-electron chi connectivity index (χ3n) is 18.0. The number of aliphatic hydroxyl groups excluding tert-OH is 1. The zero-order valence-electron chi connectivity index (χ0n) is 57.7. The number of hydrogen-bond acceptors (Lipinski definition) is 15. The number of amides is 12. The molecule has 26 heteroatoms. The summed E-state index contributed by atoms with van der Waals surface area (Å²) < 4.78 is 17.8. The van der Waals surface area contributed by atoms with E-state index in [9.17, 15) is 57.8 Å². The largest absolute Gasteiger partial charge is 0.445 e. The van der Waals surface area contributed by atoms with Crippen molar-refractivity contribution in [3.8, 4) is 0 Å². The number of benzene rings is 2. The van der Waals surface area contributed by atoms with E-state index in [1.165, 1.54) is 31.1 Å². The molecule has 2 saturated heterocycles. The molecule has 12 atom stereocenters. The Hall–Kier alpha value is -7.71. The molecule has 0 aromatic heterocycles.